The molecule has 2 rings (SSSR count). The fourth-order valence-corrected chi connectivity index (χ4v) is 4.02. The number of rotatable bonds is 14. The molecule has 0 unspecified atom stereocenters. The van der Waals surface area contributed by atoms with Crippen molar-refractivity contribution in [1.29, 1.82) is 0 Å². The number of benzene rings is 2. The van der Waals surface area contributed by atoms with E-state index in [0.29, 0.717) is 5.69 Å². The summed E-state index contributed by atoms with van der Waals surface area (Å²) in [5, 5.41) is 2.91. The van der Waals surface area contributed by atoms with E-state index in [-0.39, 0.29) is 17.9 Å². The van der Waals surface area contributed by atoms with Crippen LogP contribution in [0, 0.1) is 0 Å². The highest BCUT2D eigenvalue weighted by Crippen LogP contribution is 2.32. The standard InChI is InChI=1S/C34H42F3NO2/c1-25(2)12-8-13-26(3)14-9-15-27(4)16-10-17-28(5)22-23-40-33(39)31-20-6-7-21-32(31)38-30-19-11-18-29(24-30)34(35,36)37/h6-7,11-12,14,16,18-22,24,38H,8-10,13,15,17,23H2,1-5H3. The molecule has 6 heteroatoms. The molecule has 0 heterocycles. The first-order chi connectivity index (χ1) is 19.0. The second kappa shape index (κ2) is 16.5. The molecule has 0 fully saturated rings. The Morgan fingerprint density at radius 3 is 1.95 bits per heavy atom. The Kier molecular flexibility index (Phi) is 13.5. The van der Waals surface area contributed by atoms with Crippen molar-refractivity contribution in [1.82, 2.24) is 0 Å². The fourth-order valence-electron chi connectivity index (χ4n) is 4.02. The van der Waals surface area contributed by atoms with Crippen molar-refractivity contribution in [3.63, 3.8) is 0 Å². The van der Waals surface area contributed by atoms with Crippen LogP contribution < -0.4 is 5.32 Å². The summed E-state index contributed by atoms with van der Waals surface area (Å²) in [5.41, 5.74) is 5.41. The number of nitrogens with one attached hydrogen (secondary N) is 1. The van der Waals surface area contributed by atoms with Gasteiger partial charge in [0.1, 0.15) is 6.61 Å². The Hall–Kier alpha value is -3.54. The summed E-state index contributed by atoms with van der Waals surface area (Å²) in [6.45, 7) is 10.8. The van der Waals surface area contributed by atoms with Crippen LogP contribution >= 0.6 is 0 Å². The van der Waals surface area contributed by atoms with Crippen molar-refractivity contribution in [3.05, 3.63) is 106 Å². The second-order valence-corrected chi connectivity index (χ2v) is 10.4. The first-order valence-corrected chi connectivity index (χ1v) is 13.8. The van der Waals surface area contributed by atoms with Crippen LogP contribution in [-0.2, 0) is 10.9 Å². The van der Waals surface area contributed by atoms with E-state index in [4.69, 9.17) is 4.74 Å². The molecule has 2 aromatic carbocycles. The Bertz CT molecular complexity index is 1230. The van der Waals surface area contributed by atoms with Gasteiger partial charge in [-0.2, -0.15) is 13.2 Å². The number of carbonyl (C=O) groups is 1. The van der Waals surface area contributed by atoms with Gasteiger partial charge in [0.25, 0.3) is 0 Å². The van der Waals surface area contributed by atoms with E-state index in [1.807, 2.05) is 13.0 Å². The molecule has 0 saturated heterocycles. The maximum absolute atomic E-state index is 13.1. The first kappa shape index (κ1) is 32.7. The van der Waals surface area contributed by atoms with Crippen molar-refractivity contribution in [3.8, 4) is 0 Å². The van der Waals surface area contributed by atoms with E-state index < -0.39 is 17.7 Å². The predicted molar refractivity (Wildman–Crippen MR) is 160 cm³/mol. The number of allylic oxidation sites excluding steroid dienone is 7. The average Bonchev–Trinajstić information content (AvgIpc) is 2.88. The molecule has 0 atom stereocenters. The lowest BCUT2D eigenvalue weighted by molar-refractivity contribution is -0.137. The minimum Gasteiger partial charge on any atom is -0.458 e. The highest BCUT2D eigenvalue weighted by Gasteiger charge is 2.30. The maximum atomic E-state index is 13.1. The van der Waals surface area contributed by atoms with Gasteiger partial charge in [-0.05, 0) is 110 Å². The molecule has 0 amide bonds. The molecule has 0 aliphatic carbocycles. The molecule has 0 radical (unpaired) electrons. The number of carbonyl (C=O) groups excluding carboxylic acids is 1. The zero-order chi connectivity index (χ0) is 29.5. The Balaban J connectivity index is 1.82. The van der Waals surface area contributed by atoms with E-state index in [1.165, 1.54) is 28.9 Å². The highest BCUT2D eigenvalue weighted by atomic mass is 19.4. The number of halogens is 3. The van der Waals surface area contributed by atoms with Gasteiger partial charge >= 0.3 is 12.1 Å². The molecular formula is C34H42F3NO2. The SMILES string of the molecule is CC(C)=CCCC(C)=CCCC(C)=CCCC(C)=CCOC(=O)c1ccccc1Nc1cccc(C(F)(F)F)c1. The zero-order valence-electron chi connectivity index (χ0n) is 24.3. The molecule has 0 aliphatic heterocycles. The van der Waals surface area contributed by atoms with Crippen LogP contribution in [0.3, 0.4) is 0 Å². The number of alkyl halides is 3. The van der Waals surface area contributed by atoms with E-state index in [2.05, 4.69) is 51.2 Å². The van der Waals surface area contributed by atoms with Gasteiger partial charge in [-0.15, -0.1) is 0 Å². The Labute approximate surface area is 237 Å². The molecule has 0 aliphatic rings. The van der Waals surface area contributed by atoms with Gasteiger partial charge in [-0.1, -0.05) is 58.7 Å². The molecule has 0 spiro atoms. The van der Waals surface area contributed by atoms with Gasteiger partial charge in [0.15, 0.2) is 0 Å². The van der Waals surface area contributed by atoms with Crippen LogP contribution in [0.5, 0.6) is 0 Å². The predicted octanol–water partition coefficient (Wildman–Crippen LogP) is 10.8. The number of hydrogen-bond acceptors (Lipinski definition) is 3. The number of para-hydroxylation sites is 1. The second-order valence-electron chi connectivity index (χ2n) is 10.4. The monoisotopic (exact) mass is 553 g/mol. The van der Waals surface area contributed by atoms with E-state index >= 15 is 0 Å². The van der Waals surface area contributed by atoms with Crippen LogP contribution in [0.2, 0.25) is 0 Å². The number of esters is 1. The van der Waals surface area contributed by atoms with E-state index in [0.717, 1.165) is 56.2 Å². The average molecular weight is 554 g/mol. The molecule has 40 heavy (non-hydrogen) atoms. The van der Waals surface area contributed by atoms with Crippen LogP contribution in [0.1, 0.15) is 89.1 Å². The fraction of sp³-hybridized carbons (Fsp3) is 0.382. The summed E-state index contributed by atoms with van der Waals surface area (Å²) < 4.78 is 44.6. The van der Waals surface area contributed by atoms with Crippen molar-refractivity contribution in [2.24, 2.45) is 0 Å². The quantitative estimate of drug-likeness (QED) is 0.187. The summed E-state index contributed by atoms with van der Waals surface area (Å²) in [4.78, 5) is 12.7. The lowest BCUT2D eigenvalue weighted by Crippen LogP contribution is -2.09. The third-order valence-electron chi connectivity index (χ3n) is 6.42. The van der Waals surface area contributed by atoms with E-state index in [1.54, 1.807) is 24.3 Å². The molecule has 0 saturated carbocycles. The molecule has 1 N–H and O–H groups in total. The molecular weight excluding hydrogens is 511 g/mol. The third-order valence-corrected chi connectivity index (χ3v) is 6.42. The molecule has 0 bridgehead atoms. The van der Waals surface area contributed by atoms with Crippen LogP contribution in [0.4, 0.5) is 24.5 Å². The van der Waals surface area contributed by atoms with Crippen LogP contribution in [0.15, 0.2) is 95.1 Å². The van der Waals surface area contributed by atoms with Gasteiger partial charge in [-0.3, -0.25) is 0 Å². The molecule has 0 aromatic heterocycles. The van der Waals surface area contributed by atoms with Crippen molar-refractivity contribution < 1.29 is 22.7 Å². The lowest BCUT2D eigenvalue weighted by Gasteiger charge is -2.13. The lowest BCUT2D eigenvalue weighted by atomic mass is 10.0. The topological polar surface area (TPSA) is 38.3 Å². The number of ether oxygens (including phenoxy) is 1. The van der Waals surface area contributed by atoms with Crippen LogP contribution in [0.25, 0.3) is 0 Å². The maximum Gasteiger partial charge on any atom is 0.416 e. The third kappa shape index (κ3) is 12.5. The summed E-state index contributed by atoms with van der Waals surface area (Å²) in [5.74, 6) is -0.543. The van der Waals surface area contributed by atoms with Gasteiger partial charge < -0.3 is 10.1 Å². The minimum atomic E-state index is -4.45. The molecule has 216 valence electrons. The first-order valence-electron chi connectivity index (χ1n) is 13.8. The summed E-state index contributed by atoms with van der Waals surface area (Å²) >= 11 is 0. The van der Waals surface area contributed by atoms with Gasteiger partial charge in [0.05, 0.1) is 16.8 Å². The summed E-state index contributed by atoms with van der Waals surface area (Å²) in [7, 11) is 0. The molecule has 3 nitrogen and oxygen atoms in total. The van der Waals surface area contributed by atoms with E-state index in [9.17, 15) is 18.0 Å². The smallest absolute Gasteiger partial charge is 0.416 e. The summed E-state index contributed by atoms with van der Waals surface area (Å²) in [6.07, 6.45) is 10.4. The minimum absolute atomic E-state index is 0.127. The Morgan fingerprint density at radius 2 is 1.35 bits per heavy atom. The normalized spacial score (nSPS) is 12.8. The summed E-state index contributed by atoms with van der Waals surface area (Å²) in [6, 6.07) is 11.5. The number of hydrogen-bond donors (Lipinski definition) is 1. The largest absolute Gasteiger partial charge is 0.458 e. The van der Waals surface area contributed by atoms with Gasteiger partial charge in [0.2, 0.25) is 0 Å². The number of anilines is 2. The van der Waals surface area contributed by atoms with Crippen molar-refractivity contribution in [2.45, 2.75) is 79.3 Å². The molecule has 2 aromatic rings. The highest BCUT2D eigenvalue weighted by molar-refractivity contribution is 5.96. The van der Waals surface area contributed by atoms with Gasteiger partial charge in [-0.25, -0.2) is 4.79 Å². The van der Waals surface area contributed by atoms with Gasteiger partial charge in [0, 0.05) is 5.69 Å². The Morgan fingerprint density at radius 1 is 0.775 bits per heavy atom. The van der Waals surface area contributed by atoms with Crippen LogP contribution in [-0.4, -0.2) is 12.6 Å². The van der Waals surface area contributed by atoms with Crippen molar-refractivity contribution >= 4 is 17.3 Å². The zero-order valence-corrected chi connectivity index (χ0v) is 24.3. The van der Waals surface area contributed by atoms with Crippen molar-refractivity contribution in [2.75, 3.05) is 11.9 Å².